The third-order valence-electron chi connectivity index (χ3n) is 4.08. The van der Waals surface area contributed by atoms with E-state index in [1.165, 1.54) is 10.4 Å². The minimum absolute atomic E-state index is 0.0794. The minimum Gasteiger partial charge on any atom is -0.346 e. The Morgan fingerprint density at radius 3 is 2.27 bits per heavy atom. The maximum absolute atomic E-state index is 13.7. The van der Waals surface area contributed by atoms with Gasteiger partial charge in [0.2, 0.25) is 10.0 Å². The van der Waals surface area contributed by atoms with E-state index < -0.39 is 21.7 Å². The number of halogens is 2. The summed E-state index contributed by atoms with van der Waals surface area (Å²) >= 11 is 5.26. The quantitative estimate of drug-likeness (QED) is 0.807. The topological polar surface area (TPSA) is 52.7 Å². The molecule has 0 aliphatic carbocycles. The molecule has 0 radical (unpaired) electrons. The largest absolute Gasteiger partial charge is 0.346 e. The van der Waals surface area contributed by atoms with Crippen molar-refractivity contribution in [2.24, 2.45) is 0 Å². The Labute approximate surface area is 156 Å². The molecular weight excluding hydrogens is 380 g/mol. The molecule has 1 aliphatic rings. The van der Waals surface area contributed by atoms with Gasteiger partial charge in [-0.3, -0.25) is 0 Å². The Morgan fingerprint density at radius 2 is 1.65 bits per heavy atom. The van der Waals surface area contributed by atoms with Crippen molar-refractivity contribution in [2.45, 2.75) is 4.90 Å². The summed E-state index contributed by atoms with van der Waals surface area (Å²) in [6.45, 7) is 1.29. The number of nitrogens with one attached hydrogen (secondary N) is 1. The summed E-state index contributed by atoms with van der Waals surface area (Å²) in [5, 5.41) is 3.01. The highest BCUT2D eigenvalue weighted by Gasteiger charge is 2.29. The van der Waals surface area contributed by atoms with E-state index in [1.54, 1.807) is 35.2 Å². The second-order valence-electron chi connectivity index (χ2n) is 5.76. The zero-order chi connectivity index (χ0) is 18.7. The van der Waals surface area contributed by atoms with E-state index in [-0.39, 0.29) is 28.8 Å². The molecule has 3 rings (SSSR count). The molecule has 0 amide bonds. The molecule has 2 aromatic rings. The van der Waals surface area contributed by atoms with Crippen molar-refractivity contribution in [1.29, 1.82) is 0 Å². The van der Waals surface area contributed by atoms with Crippen LogP contribution in [0.25, 0.3) is 0 Å². The van der Waals surface area contributed by atoms with Gasteiger partial charge in [-0.15, -0.1) is 0 Å². The van der Waals surface area contributed by atoms with Crippen LogP contribution >= 0.6 is 12.2 Å². The molecule has 9 heteroatoms. The summed E-state index contributed by atoms with van der Waals surface area (Å²) in [7, 11) is -3.54. The molecule has 5 nitrogen and oxygen atoms in total. The second kappa shape index (κ2) is 7.65. The highest BCUT2D eigenvalue weighted by molar-refractivity contribution is 7.89. The van der Waals surface area contributed by atoms with E-state index in [9.17, 15) is 17.2 Å². The van der Waals surface area contributed by atoms with Gasteiger partial charge in [0.15, 0.2) is 5.11 Å². The summed E-state index contributed by atoms with van der Waals surface area (Å²) in [5.74, 6) is -1.41. The van der Waals surface area contributed by atoms with Crippen molar-refractivity contribution in [3.8, 4) is 0 Å². The van der Waals surface area contributed by atoms with Gasteiger partial charge < -0.3 is 10.2 Å². The lowest BCUT2D eigenvalue weighted by Gasteiger charge is -2.35. The van der Waals surface area contributed by atoms with E-state index in [1.807, 2.05) is 0 Å². The summed E-state index contributed by atoms with van der Waals surface area (Å²) < 4.78 is 53.3. The van der Waals surface area contributed by atoms with Gasteiger partial charge in [0, 0.05) is 32.2 Å². The average molecular weight is 397 g/mol. The molecule has 1 N–H and O–H groups in total. The van der Waals surface area contributed by atoms with Crippen LogP contribution in [0.3, 0.4) is 0 Å². The van der Waals surface area contributed by atoms with Crippen LogP contribution in [-0.2, 0) is 10.0 Å². The number of rotatable bonds is 3. The van der Waals surface area contributed by atoms with Crippen LogP contribution < -0.4 is 5.32 Å². The van der Waals surface area contributed by atoms with Crippen molar-refractivity contribution in [3.05, 3.63) is 60.2 Å². The normalized spacial score (nSPS) is 15.7. The Bertz CT molecular complexity index is 899. The van der Waals surface area contributed by atoms with Gasteiger partial charge in [-0.2, -0.15) is 4.31 Å². The lowest BCUT2D eigenvalue weighted by Crippen LogP contribution is -2.51. The van der Waals surface area contributed by atoms with E-state index in [0.29, 0.717) is 13.1 Å². The zero-order valence-electron chi connectivity index (χ0n) is 13.7. The van der Waals surface area contributed by atoms with Crippen LogP contribution in [0, 0.1) is 11.6 Å². The molecule has 2 aromatic carbocycles. The maximum Gasteiger partial charge on any atom is 0.243 e. The molecule has 0 saturated carbocycles. The molecular formula is C17H17F2N3O2S2. The zero-order valence-corrected chi connectivity index (χ0v) is 15.4. The van der Waals surface area contributed by atoms with Crippen LogP contribution in [0.4, 0.5) is 14.5 Å². The van der Waals surface area contributed by atoms with Crippen LogP contribution in [0.2, 0.25) is 0 Å². The first kappa shape index (κ1) is 18.7. The van der Waals surface area contributed by atoms with E-state index in [2.05, 4.69) is 5.32 Å². The summed E-state index contributed by atoms with van der Waals surface area (Å²) in [5.41, 5.74) is 0.0794. The number of piperazine rings is 1. The van der Waals surface area contributed by atoms with Gasteiger partial charge in [-0.1, -0.05) is 18.2 Å². The fourth-order valence-electron chi connectivity index (χ4n) is 2.66. The molecule has 138 valence electrons. The minimum atomic E-state index is -3.54. The summed E-state index contributed by atoms with van der Waals surface area (Å²) in [6.07, 6.45) is 0. The lowest BCUT2D eigenvalue weighted by molar-refractivity contribution is 0.268. The van der Waals surface area contributed by atoms with Gasteiger partial charge in [-0.05, 0) is 36.5 Å². The van der Waals surface area contributed by atoms with Crippen LogP contribution in [0.15, 0.2) is 53.4 Å². The SMILES string of the molecule is O=S(=O)(c1ccccc1)N1CCN(C(=S)Nc2ccc(F)cc2F)CC1. The van der Waals surface area contributed by atoms with Crippen molar-refractivity contribution < 1.29 is 17.2 Å². The van der Waals surface area contributed by atoms with Crippen molar-refractivity contribution in [3.63, 3.8) is 0 Å². The Balaban J connectivity index is 1.62. The first-order chi connectivity index (χ1) is 12.4. The maximum atomic E-state index is 13.7. The molecule has 1 aliphatic heterocycles. The van der Waals surface area contributed by atoms with Crippen LogP contribution in [0.5, 0.6) is 0 Å². The monoisotopic (exact) mass is 397 g/mol. The predicted octanol–water partition coefficient (Wildman–Crippen LogP) is 2.67. The van der Waals surface area contributed by atoms with Gasteiger partial charge in [0.05, 0.1) is 10.6 Å². The fraction of sp³-hybridized carbons (Fsp3) is 0.235. The van der Waals surface area contributed by atoms with Gasteiger partial charge in [0.1, 0.15) is 11.6 Å². The predicted molar refractivity (Wildman–Crippen MR) is 99.4 cm³/mol. The molecule has 1 saturated heterocycles. The third-order valence-corrected chi connectivity index (χ3v) is 6.35. The number of hydrogen-bond donors (Lipinski definition) is 1. The smallest absolute Gasteiger partial charge is 0.243 e. The molecule has 0 bridgehead atoms. The molecule has 0 spiro atoms. The number of benzene rings is 2. The number of anilines is 1. The standard InChI is InChI=1S/C17H17F2N3O2S2/c18-13-6-7-16(15(19)12-13)20-17(25)21-8-10-22(11-9-21)26(23,24)14-4-2-1-3-5-14/h1-7,12H,8-11H2,(H,20,25). The highest BCUT2D eigenvalue weighted by atomic mass is 32.2. The van der Waals surface area contributed by atoms with Crippen LogP contribution in [-0.4, -0.2) is 48.9 Å². The molecule has 0 unspecified atom stereocenters. The Kier molecular flexibility index (Phi) is 5.49. The second-order valence-corrected chi connectivity index (χ2v) is 8.08. The molecule has 0 atom stereocenters. The molecule has 26 heavy (non-hydrogen) atoms. The summed E-state index contributed by atoms with van der Waals surface area (Å²) in [4.78, 5) is 2.01. The number of nitrogens with zero attached hydrogens (tertiary/aromatic N) is 2. The first-order valence-electron chi connectivity index (χ1n) is 7.94. The van der Waals surface area contributed by atoms with Crippen molar-refractivity contribution in [1.82, 2.24) is 9.21 Å². The molecule has 0 aromatic heterocycles. The van der Waals surface area contributed by atoms with Crippen molar-refractivity contribution >= 4 is 33.0 Å². The number of hydrogen-bond acceptors (Lipinski definition) is 3. The van der Waals surface area contributed by atoms with Crippen LogP contribution in [0.1, 0.15) is 0 Å². The molecule has 1 fully saturated rings. The fourth-order valence-corrected chi connectivity index (χ4v) is 4.39. The third kappa shape index (κ3) is 4.00. The van der Waals surface area contributed by atoms with Gasteiger partial charge in [-0.25, -0.2) is 17.2 Å². The van der Waals surface area contributed by atoms with Gasteiger partial charge in [0.25, 0.3) is 0 Å². The van der Waals surface area contributed by atoms with Crippen molar-refractivity contribution in [2.75, 3.05) is 31.5 Å². The average Bonchev–Trinajstić information content (AvgIpc) is 2.65. The van der Waals surface area contributed by atoms with E-state index in [4.69, 9.17) is 12.2 Å². The summed E-state index contributed by atoms with van der Waals surface area (Å²) in [6, 6.07) is 11.4. The number of sulfonamides is 1. The Hall–Kier alpha value is -2.10. The van der Waals surface area contributed by atoms with E-state index in [0.717, 1.165) is 12.1 Å². The number of thiocarbonyl (C=S) groups is 1. The Morgan fingerprint density at radius 1 is 1.00 bits per heavy atom. The first-order valence-corrected chi connectivity index (χ1v) is 9.79. The van der Waals surface area contributed by atoms with E-state index >= 15 is 0 Å². The lowest BCUT2D eigenvalue weighted by atomic mass is 10.3. The highest BCUT2D eigenvalue weighted by Crippen LogP contribution is 2.19. The molecule has 1 heterocycles. The van der Waals surface area contributed by atoms with Gasteiger partial charge >= 0.3 is 0 Å².